The van der Waals surface area contributed by atoms with Crippen LogP contribution < -0.4 is 15.5 Å². The van der Waals surface area contributed by atoms with Crippen LogP contribution in [0.3, 0.4) is 0 Å². The topological polar surface area (TPSA) is 61.8 Å². The van der Waals surface area contributed by atoms with E-state index in [-0.39, 0.29) is 6.10 Å². The Morgan fingerprint density at radius 3 is 2.76 bits per heavy atom. The van der Waals surface area contributed by atoms with Crippen molar-refractivity contribution in [2.24, 2.45) is 4.99 Å². The summed E-state index contributed by atoms with van der Waals surface area (Å²) in [5.74, 6) is 2.26. The van der Waals surface area contributed by atoms with Gasteiger partial charge in [0.1, 0.15) is 5.82 Å². The Bertz CT molecular complexity index is 763. The van der Waals surface area contributed by atoms with Gasteiger partial charge in [-0.15, -0.1) is 0 Å². The summed E-state index contributed by atoms with van der Waals surface area (Å²) < 4.78 is 5.61. The van der Waals surface area contributed by atoms with Gasteiger partial charge in [0.25, 0.3) is 0 Å². The van der Waals surface area contributed by atoms with Crippen molar-refractivity contribution in [3.63, 3.8) is 0 Å². The van der Waals surface area contributed by atoms with Crippen molar-refractivity contribution >= 4 is 11.8 Å². The van der Waals surface area contributed by atoms with Gasteiger partial charge in [0.2, 0.25) is 0 Å². The van der Waals surface area contributed by atoms with Gasteiger partial charge in [-0.1, -0.05) is 43.3 Å². The van der Waals surface area contributed by atoms with Crippen LogP contribution in [0.4, 0.5) is 5.82 Å². The molecule has 0 bridgehead atoms. The first-order valence-corrected chi connectivity index (χ1v) is 10.5. The monoisotopic (exact) mass is 395 g/mol. The maximum absolute atomic E-state index is 5.61. The van der Waals surface area contributed by atoms with Gasteiger partial charge < -0.3 is 20.3 Å². The molecule has 1 saturated heterocycles. The highest BCUT2D eigenvalue weighted by Gasteiger charge is 2.17. The Balaban J connectivity index is 1.55. The Morgan fingerprint density at radius 2 is 2.07 bits per heavy atom. The zero-order valence-electron chi connectivity index (χ0n) is 17.8. The number of nitrogens with one attached hydrogen (secondary N) is 2. The second kappa shape index (κ2) is 10.8. The maximum atomic E-state index is 5.61. The molecular formula is C23H33N5O. The Morgan fingerprint density at radius 1 is 1.24 bits per heavy atom. The summed E-state index contributed by atoms with van der Waals surface area (Å²) in [4.78, 5) is 11.6. The molecule has 0 amide bonds. The number of anilines is 1. The smallest absolute Gasteiger partial charge is 0.191 e. The first kappa shape index (κ1) is 21.1. The lowest BCUT2D eigenvalue weighted by Crippen LogP contribution is -2.41. The lowest BCUT2D eigenvalue weighted by Gasteiger charge is -2.32. The van der Waals surface area contributed by atoms with Crippen LogP contribution in [0.25, 0.3) is 0 Å². The number of morpholine rings is 1. The highest BCUT2D eigenvalue weighted by Crippen LogP contribution is 2.16. The first-order valence-electron chi connectivity index (χ1n) is 10.5. The zero-order chi connectivity index (χ0) is 20.5. The molecule has 2 atom stereocenters. The predicted molar refractivity (Wildman–Crippen MR) is 120 cm³/mol. The molecule has 3 rings (SSSR count). The van der Waals surface area contributed by atoms with Gasteiger partial charge in [-0.3, -0.25) is 0 Å². The molecule has 1 aromatic heterocycles. The van der Waals surface area contributed by atoms with E-state index in [4.69, 9.17) is 9.73 Å². The van der Waals surface area contributed by atoms with Crippen molar-refractivity contribution in [1.29, 1.82) is 0 Å². The molecule has 0 aliphatic carbocycles. The Hall–Kier alpha value is -2.60. The molecule has 6 nitrogen and oxygen atoms in total. The van der Waals surface area contributed by atoms with Crippen molar-refractivity contribution in [2.45, 2.75) is 39.3 Å². The van der Waals surface area contributed by atoms with Crippen LogP contribution in [0.1, 0.15) is 37.8 Å². The van der Waals surface area contributed by atoms with Crippen LogP contribution >= 0.6 is 0 Å². The van der Waals surface area contributed by atoms with E-state index in [0.29, 0.717) is 12.5 Å². The van der Waals surface area contributed by atoms with Crippen LogP contribution in [0.15, 0.2) is 53.7 Å². The van der Waals surface area contributed by atoms with Gasteiger partial charge in [-0.2, -0.15) is 0 Å². The molecule has 1 aliphatic rings. The van der Waals surface area contributed by atoms with Crippen molar-refractivity contribution in [2.75, 3.05) is 37.7 Å². The lowest BCUT2D eigenvalue weighted by molar-refractivity contribution is 0.0529. The van der Waals surface area contributed by atoms with E-state index in [1.54, 1.807) is 0 Å². The summed E-state index contributed by atoms with van der Waals surface area (Å²) in [5.41, 5.74) is 2.43. The molecule has 156 valence electrons. The number of aromatic nitrogens is 1. The van der Waals surface area contributed by atoms with Crippen LogP contribution in [0.2, 0.25) is 0 Å². The Labute approximate surface area is 174 Å². The highest BCUT2D eigenvalue weighted by atomic mass is 16.5. The van der Waals surface area contributed by atoms with Gasteiger partial charge in [0.05, 0.1) is 19.3 Å². The number of ether oxygens (including phenoxy) is 1. The minimum absolute atomic E-state index is 0.252. The van der Waals surface area contributed by atoms with Gasteiger partial charge in [0.15, 0.2) is 5.96 Å². The SMILES string of the molecule is CCNC(=NCc1ccc(N2CCOC(C)C2)nc1)NCC(C)c1ccccc1. The number of hydrogen-bond acceptors (Lipinski definition) is 4. The number of aliphatic imine (C=N–C) groups is 1. The predicted octanol–water partition coefficient (Wildman–Crippen LogP) is 3.17. The molecule has 0 radical (unpaired) electrons. The molecule has 29 heavy (non-hydrogen) atoms. The van der Waals surface area contributed by atoms with Gasteiger partial charge in [0, 0.05) is 32.4 Å². The van der Waals surface area contributed by atoms with Gasteiger partial charge in [-0.05, 0) is 37.0 Å². The van der Waals surface area contributed by atoms with Crippen molar-refractivity contribution < 1.29 is 4.74 Å². The second-order valence-corrected chi connectivity index (χ2v) is 7.54. The van der Waals surface area contributed by atoms with E-state index in [1.807, 2.05) is 12.3 Å². The molecule has 0 spiro atoms. The molecule has 1 aromatic carbocycles. The summed E-state index contributed by atoms with van der Waals surface area (Å²) in [6.45, 7) is 11.2. The molecule has 2 N–H and O–H groups in total. The largest absolute Gasteiger partial charge is 0.375 e. The van der Waals surface area contributed by atoms with Crippen LogP contribution in [0, 0.1) is 0 Å². The third-order valence-corrected chi connectivity index (χ3v) is 5.08. The fourth-order valence-corrected chi connectivity index (χ4v) is 3.39. The summed E-state index contributed by atoms with van der Waals surface area (Å²) in [7, 11) is 0. The fourth-order valence-electron chi connectivity index (χ4n) is 3.39. The molecule has 2 aromatic rings. The number of guanidine groups is 1. The quantitative estimate of drug-likeness (QED) is 0.557. The second-order valence-electron chi connectivity index (χ2n) is 7.54. The molecule has 2 unspecified atom stereocenters. The number of benzene rings is 1. The summed E-state index contributed by atoms with van der Waals surface area (Å²) in [6.07, 6.45) is 2.18. The summed E-state index contributed by atoms with van der Waals surface area (Å²) in [6, 6.07) is 14.7. The van der Waals surface area contributed by atoms with E-state index >= 15 is 0 Å². The molecule has 2 heterocycles. The molecule has 6 heteroatoms. The van der Waals surface area contributed by atoms with E-state index in [1.165, 1.54) is 5.56 Å². The normalized spacial score (nSPS) is 18.4. The van der Waals surface area contributed by atoms with Crippen molar-refractivity contribution in [3.8, 4) is 0 Å². The van der Waals surface area contributed by atoms with E-state index in [2.05, 4.69) is 77.7 Å². The molecule has 1 fully saturated rings. The third kappa shape index (κ3) is 6.46. The Kier molecular flexibility index (Phi) is 7.87. The van der Waals surface area contributed by atoms with Crippen LogP contribution in [-0.2, 0) is 11.3 Å². The summed E-state index contributed by atoms with van der Waals surface area (Å²) >= 11 is 0. The fraction of sp³-hybridized carbons (Fsp3) is 0.478. The molecule has 0 saturated carbocycles. The van der Waals surface area contributed by atoms with E-state index in [0.717, 1.165) is 50.1 Å². The molecular weight excluding hydrogens is 362 g/mol. The van der Waals surface area contributed by atoms with Crippen molar-refractivity contribution in [3.05, 3.63) is 59.8 Å². The first-order chi connectivity index (χ1) is 14.2. The summed E-state index contributed by atoms with van der Waals surface area (Å²) in [5, 5.41) is 6.78. The van der Waals surface area contributed by atoms with E-state index in [9.17, 15) is 0 Å². The number of pyridine rings is 1. The molecule has 1 aliphatic heterocycles. The maximum Gasteiger partial charge on any atom is 0.191 e. The van der Waals surface area contributed by atoms with Crippen molar-refractivity contribution in [1.82, 2.24) is 15.6 Å². The standard InChI is InChI=1S/C23H33N5O/c1-4-24-23(26-14-18(2)21-8-6-5-7-9-21)27-16-20-10-11-22(25-15-20)28-12-13-29-19(3)17-28/h5-11,15,18-19H,4,12-14,16-17H2,1-3H3,(H2,24,26,27). The van der Waals surface area contributed by atoms with Gasteiger partial charge in [-0.25, -0.2) is 9.98 Å². The number of hydrogen-bond donors (Lipinski definition) is 2. The average molecular weight is 396 g/mol. The highest BCUT2D eigenvalue weighted by molar-refractivity contribution is 5.79. The van der Waals surface area contributed by atoms with Crippen LogP contribution in [0.5, 0.6) is 0 Å². The van der Waals surface area contributed by atoms with Crippen LogP contribution in [-0.4, -0.2) is 49.8 Å². The third-order valence-electron chi connectivity index (χ3n) is 5.08. The van der Waals surface area contributed by atoms with E-state index < -0.39 is 0 Å². The number of nitrogens with zero attached hydrogens (tertiary/aromatic N) is 3. The van der Waals surface area contributed by atoms with Gasteiger partial charge >= 0.3 is 0 Å². The minimum Gasteiger partial charge on any atom is -0.375 e. The number of rotatable bonds is 7. The minimum atomic E-state index is 0.252. The average Bonchev–Trinajstić information content (AvgIpc) is 2.76. The lowest BCUT2D eigenvalue weighted by atomic mass is 10.0. The zero-order valence-corrected chi connectivity index (χ0v) is 17.8.